The number of ether oxygens (including phenoxy) is 1. The summed E-state index contributed by atoms with van der Waals surface area (Å²) >= 11 is 2.11. The van der Waals surface area contributed by atoms with E-state index in [1.807, 2.05) is 30.3 Å². The zero-order valence-electron chi connectivity index (χ0n) is 16.1. The van der Waals surface area contributed by atoms with Crippen molar-refractivity contribution in [1.82, 2.24) is 9.97 Å². The van der Waals surface area contributed by atoms with Gasteiger partial charge in [-0.1, -0.05) is 18.6 Å². The van der Waals surface area contributed by atoms with E-state index in [-0.39, 0.29) is 11.5 Å². The van der Waals surface area contributed by atoms with E-state index in [9.17, 15) is 4.79 Å². The van der Waals surface area contributed by atoms with Crippen LogP contribution in [0.2, 0.25) is 0 Å². The Labute approximate surface area is 173 Å². The summed E-state index contributed by atoms with van der Waals surface area (Å²) in [6, 6.07) is 9.84. The summed E-state index contributed by atoms with van der Waals surface area (Å²) in [6.45, 7) is 6.27. The molecule has 27 heavy (non-hydrogen) atoms. The number of methoxy groups -OCH3 is 1. The van der Waals surface area contributed by atoms with Crippen molar-refractivity contribution >= 4 is 45.9 Å². The zero-order chi connectivity index (χ0) is 19.7. The number of nitrogens with one attached hydrogen (secondary N) is 2. The smallest absolute Gasteiger partial charge is 0.316 e. The van der Waals surface area contributed by atoms with Crippen molar-refractivity contribution in [3.63, 3.8) is 0 Å². The molecule has 1 aliphatic rings. The molecule has 1 saturated carbocycles. The van der Waals surface area contributed by atoms with Crippen molar-refractivity contribution < 1.29 is 9.53 Å². The third kappa shape index (κ3) is 4.51. The van der Waals surface area contributed by atoms with Gasteiger partial charge in [-0.15, -0.1) is 0 Å². The highest BCUT2D eigenvalue weighted by Gasteiger charge is 2.46. The van der Waals surface area contributed by atoms with Crippen LogP contribution in [-0.4, -0.2) is 28.6 Å². The maximum atomic E-state index is 12.2. The van der Waals surface area contributed by atoms with Crippen molar-refractivity contribution in [3.8, 4) is 0 Å². The minimum Gasteiger partial charge on any atom is -0.468 e. The predicted molar refractivity (Wildman–Crippen MR) is 115 cm³/mol. The van der Waals surface area contributed by atoms with E-state index < -0.39 is 5.41 Å². The SMILES string of the molecule is COC(=O)C1(c2ccc(Nc3cc(NC(C)(C)C)nc(I)n3)cc2)CCC1. The lowest BCUT2D eigenvalue weighted by atomic mass is 9.64. The number of rotatable bonds is 5. The number of carbonyl (C=O) groups excluding carboxylic acids is 1. The quantitative estimate of drug-likeness (QED) is 0.369. The Kier molecular flexibility index (Phi) is 5.60. The first-order chi connectivity index (χ1) is 12.7. The molecule has 1 aromatic carbocycles. The minimum atomic E-state index is -0.471. The molecule has 2 aromatic rings. The Morgan fingerprint density at radius 2 is 1.78 bits per heavy atom. The molecule has 0 atom stereocenters. The molecule has 0 aliphatic heterocycles. The lowest BCUT2D eigenvalue weighted by Crippen LogP contribution is -2.43. The van der Waals surface area contributed by atoms with E-state index in [0.717, 1.165) is 42.1 Å². The van der Waals surface area contributed by atoms with Gasteiger partial charge >= 0.3 is 5.97 Å². The first-order valence-electron chi connectivity index (χ1n) is 9.01. The first-order valence-corrected chi connectivity index (χ1v) is 10.1. The van der Waals surface area contributed by atoms with Gasteiger partial charge in [0.1, 0.15) is 11.6 Å². The van der Waals surface area contributed by atoms with Crippen LogP contribution in [0.25, 0.3) is 0 Å². The molecule has 7 heteroatoms. The molecule has 0 saturated heterocycles. The van der Waals surface area contributed by atoms with Crippen LogP contribution in [0, 0.1) is 3.83 Å². The Bertz CT molecular complexity index is 827. The highest BCUT2D eigenvalue weighted by atomic mass is 127. The molecule has 144 valence electrons. The highest BCUT2D eigenvalue weighted by Crippen LogP contribution is 2.45. The van der Waals surface area contributed by atoms with Crippen LogP contribution in [0.4, 0.5) is 17.3 Å². The monoisotopic (exact) mass is 480 g/mol. The first kappa shape index (κ1) is 19.9. The van der Waals surface area contributed by atoms with Crippen molar-refractivity contribution in [2.24, 2.45) is 0 Å². The fourth-order valence-electron chi connectivity index (χ4n) is 3.29. The number of aromatic nitrogens is 2. The largest absolute Gasteiger partial charge is 0.468 e. The molecule has 0 radical (unpaired) electrons. The normalized spacial score (nSPS) is 15.6. The molecule has 0 spiro atoms. The highest BCUT2D eigenvalue weighted by molar-refractivity contribution is 14.1. The summed E-state index contributed by atoms with van der Waals surface area (Å²) in [5.74, 6) is 1.36. The fraction of sp³-hybridized carbons (Fsp3) is 0.450. The van der Waals surface area contributed by atoms with Crippen molar-refractivity contribution in [2.75, 3.05) is 17.7 Å². The van der Waals surface area contributed by atoms with E-state index >= 15 is 0 Å². The Hall–Kier alpha value is -1.90. The second-order valence-electron chi connectivity index (χ2n) is 7.91. The third-order valence-electron chi connectivity index (χ3n) is 4.70. The summed E-state index contributed by atoms with van der Waals surface area (Å²) in [5, 5.41) is 6.68. The topological polar surface area (TPSA) is 76.1 Å². The van der Waals surface area contributed by atoms with E-state index in [2.05, 4.69) is 64.0 Å². The average molecular weight is 480 g/mol. The van der Waals surface area contributed by atoms with Gasteiger partial charge in [0.25, 0.3) is 0 Å². The Morgan fingerprint density at radius 3 is 2.30 bits per heavy atom. The molecule has 1 fully saturated rings. The van der Waals surface area contributed by atoms with E-state index in [1.54, 1.807) is 0 Å². The second-order valence-corrected chi connectivity index (χ2v) is 8.88. The molecule has 1 heterocycles. The Balaban J connectivity index is 1.78. The molecule has 2 N–H and O–H groups in total. The van der Waals surface area contributed by atoms with Gasteiger partial charge in [-0.3, -0.25) is 4.79 Å². The van der Waals surface area contributed by atoms with Crippen LogP contribution < -0.4 is 10.6 Å². The van der Waals surface area contributed by atoms with Gasteiger partial charge in [-0.25, -0.2) is 9.97 Å². The summed E-state index contributed by atoms with van der Waals surface area (Å²) in [6.07, 6.45) is 2.74. The standard InChI is InChI=1S/C20H25IN4O2/c1-19(2,3)25-16-12-15(23-18(21)24-16)22-14-8-6-13(7-9-14)20(10-5-11-20)17(26)27-4/h6-9,12H,5,10-11H2,1-4H3,(H2,22,23,24,25). The van der Waals surface area contributed by atoms with Gasteiger partial charge in [0.15, 0.2) is 3.83 Å². The minimum absolute atomic E-state index is 0.0820. The molecule has 0 unspecified atom stereocenters. The molecule has 1 aliphatic carbocycles. The molecular formula is C20H25IN4O2. The van der Waals surface area contributed by atoms with E-state index in [0.29, 0.717) is 3.83 Å². The molecule has 1 aromatic heterocycles. The summed E-state index contributed by atoms with van der Waals surface area (Å²) in [5.41, 5.74) is 1.37. The van der Waals surface area contributed by atoms with Crippen molar-refractivity contribution in [1.29, 1.82) is 0 Å². The number of carbonyl (C=O) groups is 1. The second kappa shape index (κ2) is 7.61. The maximum absolute atomic E-state index is 12.2. The number of hydrogen-bond donors (Lipinski definition) is 2. The van der Waals surface area contributed by atoms with Gasteiger partial charge in [0.2, 0.25) is 0 Å². The van der Waals surface area contributed by atoms with Crippen LogP contribution in [0.5, 0.6) is 0 Å². The van der Waals surface area contributed by atoms with Crippen molar-refractivity contribution in [2.45, 2.75) is 51.0 Å². The van der Waals surface area contributed by atoms with Gasteiger partial charge < -0.3 is 15.4 Å². The van der Waals surface area contributed by atoms with E-state index in [4.69, 9.17) is 4.74 Å². The fourth-order valence-corrected chi connectivity index (χ4v) is 3.81. The van der Waals surface area contributed by atoms with Crippen LogP contribution in [0.1, 0.15) is 45.6 Å². The number of anilines is 3. The number of hydrogen-bond acceptors (Lipinski definition) is 6. The van der Waals surface area contributed by atoms with Gasteiger partial charge in [-0.2, -0.15) is 0 Å². The molecular weight excluding hydrogens is 455 g/mol. The third-order valence-corrected chi connectivity index (χ3v) is 5.18. The van der Waals surface area contributed by atoms with Gasteiger partial charge in [0, 0.05) is 39.9 Å². The summed E-state index contributed by atoms with van der Waals surface area (Å²) in [7, 11) is 1.46. The van der Waals surface area contributed by atoms with Crippen LogP contribution in [0.15, 0.2) is 30.3 Å². The number of halogens is 1. The Morgan fingerprint density at radius 1 is 1.15 bits per heavy atom. The predicted octanol–water partition coefficient (Wildman–Crippen LogP) is 4.63. The number of nitrogens with zero attached hydrogens (tertiary/aromatic N) is 2. The van der Waals surface area contributed by atoms with Gasteiger partial charge in [0.05, 0.1) is 12.5 Å². The average Bonchev–Trinajstić information content (AvgIpc) is 2.53. The number of esters is 1. The lowest BCUT2D eigenvalue weighted by molar-refractivity contribution is -0.151. The van der Waals surface area contributed by atoms with E-state index in [1.165, 1.54) is 7.11 Å². The zero-order valence-corrected chi connectivity index (χ0v) is 18.3. The summed E-state index contributed by atoms with van der Waals surface area (Å²) < 4.78 is 5.69. The summed E-state index contributed by atoms with van der Waals surface area (Å²) in [4.78, 5) is 21.1. The molecule has 3 rings (SSSR count). The van der Waals surface area contributed by atoms with Gasteiger partial charge in [-0.05, 0) is 51.3 Å². The lowest BCUT2D eigenvalue weighted by Gasteiger charge is -2.39. The molecule has 6 nitrogen and oxygen atoms in total. The van der Waals surface area contributed by atoms with Crippen LogP contribution in [-0.2, 0) is 14.9 Å². The maximum Gasteiger partial charge on any atom is 0.316 e. The molecule has 0 bridgehead atoms. The van der Waals surface area contributed by atoms with Crippen molar-refractivity contribution in [3.05, 3.63) is 39.7 Å². The van der Waals surface area contributed by atoms with Crippen LogP contribution in [0.3, 0.4) is 0 Å². The van der Waals surface area contributed by atoms with Crippen LogP contribution >= 0.6 is 22.6 Å². The number of benzene rings is 1. The molecule has 0 amide bonds.